The molecule has 2 atom stereocenters. The fraction of sp³-hybridized carbons (Fsp3) is 0.485. The van der Waals surface area contributed by atoms with Gasteiger partial charge in [-0.1, -0.05) is 30.3 Å². The Balaban J connectivity index is 1.01. The van der Waals surface area contributed by atoms with E-state index >= 15 is 0 Å². The molecule has 0 bridgehead atoms. The van der Waals surface area contributed by atoms with Crippen molar-refractivity contribution in [2.45, 2.75) is 50.9 Å². The van der Waals surface area contributed by atoms with Crippen molar-refractivity contribution >= 4 is 11.8 Å². The molecule has 0 radical (unpaired) electrons. The van der Waals surface area contributed by atoms with E-state index in [1.807, 2.05) is 47.9 Å². The third-order valence-electron chi connectivity index (χ3n) is 10.1. The maximum absolute atomic E-state index is 13.7. The number of hydrogen-bond donors (Lipinski definition) is 0. The fourth-order valence-electron chi connectivity index (χ4n) is 7.63. The third-order valence-corrected chi connectivity index (χ3v) is 10.1. The van der Waals surface area contributed by atoms with E-state index in [-0.39, 0.29) is 36.0 Å². The van der Waals surface area contributed by atoms with Gasteiger partial charge in [0.2, 0.25) is 11.8 Å². The van der Waals surface area contributed by atoms with Crippen molar-refractivity contribution in [1.29, 1.82) is 0 Å². The van der Waals surface area contributed by atoms with Gasteiger partial charge in [-0.2, -0.15) is 10.2 Å². The van der Waals surface area contributed by atoms with Crippen LogP contribution in [0.25, 0.3) is 5.82 Å². The monoisotopic (exact) mass is 601 g/mol. The molecular formula is C33H37F2N7O2. The second kappa shape index (κ2) is 10.8. The first-order valence-electron chi connectivity index (χ1n) is 15.4. The predicted molar refractivity (Wildman–Crippen MR) is 159 cm³/mol. The van der Waals surface area contributed by atoms with Crippen LogP contribution < -0.4 is 0 Å². The summed E-state index contributed by atoms with van der Waals surface area (Å²) >= 11 is 0. The summed E-state index contributed by atoms with van der Waals surface area (Å²) in [4.78, 5) is 32.8. The largest absolute Gasteiger partial charge is 0.377 e. The van der Waals surface area contributed by atoms with Crippen molar-refractivity contribution < 1.29 is 18.4 Å². The number of likely N-dealkylation sites (tertiary alicyclic amines) is 2. The second-order valence-electron chi connectivity index (χ2n) is 13.0. The van der Waals surface area contributed by atoms with E-state index in [0.29, 0.717) is 43.3 Å². The summed E-state index contributed by atoms with van der Waals surface area (Å²) in [5.41, 5.74) is 4.29. The van der Waals surface area contributed by atoms with Crippen LogP contribution in [-0.2, 0) is 10.2 Å². The maximum Gasteiger partial charge on any atom is 0.257 e. The molecule has 0 N–H and O–H groups in total. The molecule has 3 fully saturated rings. The van der Waals surface area contributed by atoms with E-state index in [1.165, 1.54) is 11.1 Å². The van der Waals surface area contributed by atoms with Crippen LogP contribution in [0.1, 0.15) is 53.0 Å². The number of aryl methyl sites for hydroxylation is 1. The summed E-state index contributed by atoms with van der Waals surface area (Å²) in [6.45, 7) is 7.84. The highest BCUT2D eigenvalue weighted by atomic mass is 19.3. The molecule has 9 nitrogen and oxygen atoms in total. The number of alkyl halides is 2. The lowest BCUT2D eigenvalue weighted by atomic mass is 9.76. The summed E-state index contributed by atoms with van der Waals surface area (Å²) in [5, 5.41) is 12.7. The van der Waals surface area contributed by atoms with Gasteiger partial charge in [-0.25, -0.2) is 13.5 Å². The first-order valence-corrected chi connectivity index (χ1v) is 15.4. The summed E-state index contributed by atoms with van der Waals surface area (Å²) in [5.74, 6) is -2.53. The molecule has 1 aromatic carbocycles. The van der Waals surface area contributed by atoms with Crippen molar-refractivity contribution in [3.05, 3.63) is 82.9 Å². The van der Waals surface area contributed by atoms with Gasteiger partial charge in [0.05, 0.1) is 17.0 Å². The van der Waals surface area contributed by atoms with Gasteiger partial charge < -0.3 is 14.7 Å². The zero-order chi connectivity index (χ0) is 30.6. The molecule has 2 aromatic heterocycles. The SMILES string of the molecule is Cc1nn(-c2cccnn2)c(C)c1C(=O)N1CC2=CN(CCC3(c4ccccc4)CCN(C(=O)C4CC(F)(F)C4)C3)CC2C1. The van der Waals surface area contributed by atoms with Gasteiger partial charge in [0.15, 0.2) is 5.82 Å². The number of hydrogen-bond acceptors (Lipinski definition) is 6. The highest BCUT2D eigenvalue weighted by Crippen LogP contribution is 2.45. The van der Waals surface area contributed by atoms with Crippen molar-refractivity contribution in [2.24, 2.45) is 11.8 Å². The van der Waals surface area contributed by atoms with E-state index < -0.39 is 11.8 Å². The van der Waals surface area contributed by atoms with Gasteiger partial charge >= 0.3 is 0 Å². The molecule has 4 aliphatic rings. The molecule has 3 aliphatic heterocycles. The molecule has 11 heteroatoms. The molecular weight excluding hydrogens is 564 g/mol. The smallest absolute Gasteiger partial charge is 0.257 e. The highest BCUT2D eigenvalue weighted by Gasteiger charge is 2.52. The number of halogens is 2. The highest BCUT2D eigenvalue weighted by molar-refractivity contribution is 5.97. The molecule has 2 amide bonds. The Labute approximate surface area is 255 Å². The summed E-state index contributed by atoms with van der Waals surface area (Å²) in [6, 6.07) is 13.9. The summed E-state index contributed by atoms with van der Waals surface area (Å²) < 4.78 is 28.6. The van der Waals surface area contributed by atoms with E-state index in [0.717, 1.165) is 31.6 Å². The van der Waals surface area contributed by atoms with Gasteiger partial charge in [0.1, 0.15) is 0 Å². The van der Waals surface area contributed by atoms with E-state index in [2.05, 4.69) is 38.5 Å². The number of carbonyl (C=O) groups is 2. The molecule has 5 heterocycles. The molecule has 3 aromatic rings. The lowest BCUT2D eigenvalue weighted by Crippen LogP contribution is -2.47. The Morgan fingerprint density at radius 2 is 1.82 bits per heavy atom. The summed E-state index contributed by atoms with van der Waals surface area (Å²) in [7, 11) is 0. The Kier molecular flexibility index (Phi) is 7.01. The van der Waals surface area contributed by atoms with Crippen LogP contribution in [0, 0.1) is 25.7 Å². The van der Waals surface area contributed by atoms with Crippen LogP contribution in [0.15, 0.2) is 60.4 Å². The van der Waals surface area contributed by atoms with E-state index in [9.17, 15) is 18.4 Å². The minimum Gasteiger partial charge on any atom is -0.377 e. The van der Waals surface area contributed by atoms with E-state index in [1.54, 1.807) is 16.9 Å². The van der Waals surface area contributed by atoms with Crippen molar-refractivity contribution in [3.8, 4) is 5.82 Å². The predicted octanol–water partition coefficient (Wildman–Crippen LogP) is 4.16. The van der Waals surface area contributed by atoms with Crippen molar-refractivity contribution in [2.75, 3.05) is 39.3 Å². The van der Waals surface area contributed by atoms with Gasteiger partial charge in [-0.15, -0.1) is 5.10 Å². The molecule has 2 saturated heterocycles. The first-order chi connectivity index (χ1) is 21.1. The van der Waals surface area contributed by atoms with Crippen LogP contribution in [0.2, 0.25) is 0 Å². The van der Waals surface area contributed by atoms with Crippen molar-refractivity contribution in [3.63, 3.8) is 0 Å². The minimum atomic E-state index is -2.70. The Morgan fingerprint density at radius 3 is 2.52 bits per heavy atom. The molecule has 2 unspecified atom stereocenters. The maximum atomic E-state index is 13.7. The normalized spacial score (nSPS) is 24.4. The van der Waals surface area contributed by atoms with Crippen LogP contribution in [0.4, 0.5) is 8.78 Å². The number of fused-ring (bicyclic) bond motifs is 1. The standard InChI is InChI=1S/C33H37F2N7O2/c1-22-29(23(2)42(38-22)28-9-6-12-36-37-28)31(44)41-19-25-17-39(18-26(25)20-41)13-10-32(27-7-4-3-5-8-27)11-14-40(21-32)30(43)24-15-33(34,35)16-24/h3-9,12,17,24,26H,10-11,13-16,18-21H2,1-2H3. The lowest BCUT2D eigenvalue weighted by molar-refractivity contribution is -0.159. The van der Waals surface area contributed by atoms with Gasteiger partial charge in [0.25, 0.3) is 5.91 Å². The quantitative estimate of drug-likeness (QED) is 0.405. The molecule has 7 rings (SSSR count). The average molecular weight is 602 g/mol. The van der Waals surface area contributed by atoms with Gasteiger partial charge in [0, 0.05) is 81.8 Å². The first kappa shape index (κ1) is 28.6. The zero-order valence-electron chi connectivity index (χ0n) is 25.1. The van der Waals surface area contributed by atoms with Gasteiger partial charge in [-0.05, 0) is 50.0 Å². The Hall–Kier alpha value is -4.15. The number of aromatic nitrogens is 4. The number of carbonyl (C=O) groups excluding carboxylic acids is 2. The van der Waals surface area contributed by atoms with E-state index in [4.69, 9.17) is 0 Å². The second-order valence-corrected chi connectivity index (χ2v) is 13.0. The Morgan fingerprint density at radius 1 is 1.02 bits per heavy atom. The van der Waals surface area contributed by atoms with Crippen molar-refractivity contribution in [1.82, 2.24) is 34.7 Å². The number of benzene rings is 1. The molecule has 0 spiro atoms. The molecule has 1 saturated carbocycles. The molecule has 230 valence electrons. The number of rotatable bonds is 7. The third kappa shape index (κ3) is 5.05. The minimum absolute atomic E-state index is 0.0139. The number of amides is 2. The van der Waals surface area contributed by atoms with Crippen LogP contribution >= 0.6 is 0 Å². The Bertz CT molecular complexity index is 1600. The lowest BCUT2D eigenvalue weighted by Gasteiger charge is -2.37. The zero-order valence-corrected chi connectivity index (χ0v) is 25.1. The fourth-order valence-corrected chi connectivity index (χ4v) is 7.63. The molecule has 44 heavy (non-hydrogen) atoms. The summed E-state index contributed by atoms with van der Waals surface area (Å²) in [6.07, 6.45) is 4.85. The average Bonchev–Trinajstić information content (AvgIpc) is 3.77. The van der Waals surface area contributed by atoms with Crippen LogP contribution in [0.5, 0.6) is 0 Å². The van der Waals surface area contributed by atoms with Gasteiger partial charge in [-0.3, -0.25) is 9.59 Å². The van der Waals surface area contributed by atoms with Crippen LogP contribution in [0.3, 0.4) is 0 Å². The van der Waals surface area contributed by atoms with Crippen LogP contribution in [-0.4, -0.2) is 91.7 Å². The molecule has 1 aliphatic carbocycles. The topological polar surface area (TPSA) is 87.5 Å². The number of nitrogens with zero attached hydrogens (tertiary/aromatic N) is 7.